The zero-order valence-corrected chi connectivity index (χ0v) is 10.2. The number of carbonyl (C=O) groups excluding carboxylic acids is 1. The zero-order chi connectivity index (χ0) is 13.8. The van der Waals surface area contributed by atoms with Gasteiger partial charge in [-0.25, -0.2) is 8.78 Å². The van der Waals surface area contributed by atoms with Gasteiger partial charge in [0.2, 0.25) is 0 Å². The number of benzene rings is 1. The Hall–Kier alpha value is -2.30. The fourth-order valence-corrected chi connectivity index (χ4v) is 1.72. The van der Waals surface area contributed by atoms with Gasteiger partial charge < -0.3 is 4.74 Å². The molecule has 1 heterocycles. The van der Waals surface area contributed by atoms with Gasteiger partial charge in [0.15, 0.2) is 5.78 Å². The quantitative estimate of drug-likeness (QED) is 0.796. The van der Waals surface area contributed by atoms with Gasteiger partial charge in [-0.1, -0.05) is 0 Å². The predicted octanol–water partition coefficient (Wildman–Crippen LogP) is 2.79. The van der Waals surface area contributed by atoms with Gasteiger partial charge in [0.1, 0.15) is 17.4 Å². The van der Waals surface area contributed by atoms with Crippen molar-refractivity contribution in [3.63, 3.8) is 0 Å². The first-order valence-corrected chi connectivity index (χ1v) is 5.57. The second-order valence-corrected chi connectivity index (χ2v) is 3.91. The first-order valence-electron chi connectivity index (χ1n) is 5.57. The number of methoxy groups -OCH3 is 1. The molecule has 0 fully saturated rings. The van der Waals surface area contributed by atoms with Crippen molar-refractivity contribution >= 4 is 5.78 Å². The molecule has 0 unspecified atom stereocenters. The molecule has 0 amide bonds. The summed E-state index contributed by atoms with van der Waals surface area (Å²) in [6.07, 6.45) is 2.61. The molecule has 0 bridgehead atoms. The van der Waals surface area contributed by atoms with Crippen LogP contribution in [0.15, 0.2) is 36.7 Å². The number of ether oxygens (including phenoxy) is 1. The molecule has 2 rings (SSSR count). The molecule has 0 spiro atoms. The number of halogens is 2. The van der Waals surface area contributed by atoms with Crippen molar-refractivity contribution in [3.05, 3.63) is 59.4 Å². The first kappa shape index (κ1) is 13.1. The number of Topliss-reactive ketones (excluding diaryl/α,β-unsaturated/α-hetero) is 1. The molecule has 1 aromatic carbocycles. The molecule has 0 aliphatic heterocycles. The molecule has 0 saturated heterocycles. The third kappa shape index (κ3) is 2.93. The van der Waals surface area contributed by atoms with E-state index in [2.05, 4.69) is 4.98 Å². The first-order chi connectivity index (χ1) is 9.11. The smallest absolute Gasteiger partial charge is 0.171 e. The van der Waals surface area contributed by atoms with Crippen molar-refractivity contribution < 1.29 is 18.3 Å². The van der Waals surface area contributed by atoms with Crippen molar-refractivity contribution in [2.45, 2.75) is 6.42 Å². The van der Waals surface area contributed by atoms with Crippen LogP contribution >= 0.6 is 0 Å². The van der Waals surface area contributed by atoms with Crippen molar-refractivity contribution in [3.8, 4) is 5.75 Å². The highest BCUT2D eigenvalue weighted by Crippen LogP contribution is 2.19. The molecule has 0 aliphatic carbocycles. The van der Waals surface area contributed by atoms with Gasteiger partial charge >= 0.3 is 0 Å². The Morgan fingerprint density at radius 1 is 1.32 bits per heavy atom. The molecule has 0 N–H and O–H groups in total. The Morgan fingerprint density at radius 3 is 2.84 bits per heavy atom. The summed E-state index contributed by atoms with van der Waals surface area (Å²) in [4.78, 5) is 15.9. The van der Waals surface area contributed by atoms with E-state index < -0.39 is 11.6 Å². The topological polar surface area (TPSA) is 39.2 Å². The summed E-state index contributed by atoms with van der Waals surface area (Å²) in [6, 6.07) is 4.51. The summed E-state index contributed by atoms with van der Waals surface area (Å²) in [5.41, 5.74) is 0.310. The van der Waals surface area contributed by atoms with E-state index in [1.165, 1.54) is 25.6 Å². The summed E-state index contributed by atoms with van der Waals surface area (Å²) < 4.78 is 31.5. The van der Waals surface area contributed by atoms with Crippen LogP contribution in [0, 0.1) is 11.6 Å². The van der Waals surface area contributed by atoms with Gasteiger partial charge in [-0.3, -0.25) is 9.78 Å². The van der Waals surface area contributed by atoms with Crippen molar-refractivity contribution in [2.24, 2.45) is 0 Å². The van der Waals surface area contributed by atoms with Crippen molar-refractivity contribution in [2.75, 3.05) is 7.11 Å². The lowest BCUT2D eigenvalue weighted by molar-refractivity contribution is 0.0988. The Balaban J connectivity index is 2.28. The van der Waals surface area contributed by atoms with Crippen LogP contribution in [-0.2, 0) is 6.42 Å². The third-order valence-corrected chi connectivity index (χ3v) is 2.66. The minimum absolute atomic E-state index is 0.0175. The van der Waals surface area contributed by atoms with Crippen molar-refractivity contribution in [1.29, 1.82) is 0 Å². The highest BCUT2D eigenvalue weighted by molar-refractivity contribution is 5.99. The Labute approximate surface area is 108 Å². The minimum Gasteiger partial charge on any atom is -0.494 e. The third-order valence-electron chi connectivity index (χ3n) is 2.66. The molecule has 0 aliphatic rings. The van der Waals surface area contributed by atoms with Gasteiger partial charge in [0.25, 0.3) is 0 Å². The maximum absolute atomic E-state index is 13.5. The van der Waals surface area contributed by atoms with Crippen LogP contribution in [0.2, 0.25) is 0 Å². The fourth-order valence-electron chi connectivity index (χ4n) is 1.72. The molecule has 2 aromatic rings. The zero-order valence-electron chi connectivity index (χ0n) is 10.2. The van der Waals surface area contributed by atoms with Crippen molar-refractivity contribution in [1.82, 2.24) is 4.98 Å². The lowest BCUT2D eigenvalue weighted by Crippen LogP contribution is -2.07. The Bertz CT molecular complexity index is 614. The Kier molecular flexibility index (Phi) is 3.85. The lowest BCUT2D eigenvalue weighted by Gasteiger charge is -2.07. The van der Waals surface area contributed by atoms with Gasteiger partial charge in [-0.2, -0.15) is 0 Å². The number of pyridine rings is 1. The van der Waals surface area contributed by atoms with Crippen LogP contribution in [0.5, 0.6) is 5.75 Å². The van der Waals surface area contributed by atoms with Gasteiger partial charge in [-0.15, -0.1) is 0 Å². The number of carbonyl (C=O) groups is 1. The minimum atomic E-state index is -0.609. The van der Waals surface area contributed by atoms with E-state index in [9.17, 15) is 13.6 Å². The van der Waals surface area contributed by atoms with E-state index in [0.29, 0.717) is 11.3 Å². The van der Waals surface area contributed by atoms with E-state index in [1.807, 2.05) is 0 Å². The van der Waals surface area contributed by atoms with E-state index >= 15 is 0 Å². The van der Waals surface area contributed by atoms with E-state index in [4.69, 9.17) is 4.74 Å². The number of ketones is 1. The summed E-state index contributed by atoms with van der Waals surface area (Å²) in [7, 11) is 1.41. The average molecular weight is 263 g/mol. The van der Waals surface area contributed by atoms with Crippen LogP contribution in [0.4, 0.5) is 8.78 Å². The van der Waals surface area contributed by atoms with Crippen LogP contribution in [-0.4, -0.2) is 17.9 Å². The summed E-state index contributed by atoms with van der Waals surface area (Å²) >= 11 is 0. The number of aromatic nitrogens is 1. The van der Waals surface area contributed by atoms with E-state index in [-0.39, 0.29) is 17.8 Å². The molecular weight excluding hydrogens is 252 g/mol. The number of hydrogen-bond donors (Lipinski definition) is 0. The maximum Gasteiger partial charge on any atom is 0.171 e. The molecule has 5 heteroatoms. The normalized spacial score (nSPS) is 10.3. The van der Waals surface area contributed by atoms with E-state index in [1.54, 1.807) is 0 Å². The molecule has 0 atom stereocenters. The molecule has 1 aromatic heterocycles. The van der Waals surface area contributed by atoms with Crippen LogP contribution in [0.1, 0.15) is 15.9 Å². The van der Waals surface area contributed by atoms with E-state index in [0.717, 1.165) is 18.2 Å². The summed E-state index contributed by atoms with van der Waals surface area (Å²) in [5, 5.41) is 0. The Morgan fingerprint density at radius 2 is 2.11 bits per heavy atom. The number of nitrogens with zero attached hydrogens (tertiary/aromatic N) is 1. The molecular formula is C14H11F2NO2. The highest BCUT2D eigenvalue weighted by atomic mass is 19.1. The van der Waals surface area contributed by atoms with Crippen LogP contribution in [0.25, 0.3) is 0 Å². The largest absolute Gasteiger partial charge is 0.494 e. The standard InChI is InChI=1S/C14H11F2NO2/c1-19-14-8-17-5-4-11(14)13(18)7-9-6-10(15)2-3-12(9)16/h2-6,8H,7H2,1H3. The highest BCUT2D eigenvalue weighted by Gasteiger charge is 2.15. The molecule has 0 radical (unpaired) electrons. The average Bonchev–Trinajstić information content (AvgIpc) is 2.42. The number of rotatable bonds is 4. The monoisotopic (exact) mass is 263 g/mol. The molecule has 3 nitrogen and oxygen atoms in total. The van der Waals surface area contributed by atoms with Crippen LogP contribution in [0.3, 0.4) is 0 Å². The number of hydrogen-bond acceptors (Lipinski definition) is 3. The maximum atomic E-state index is 13.5. The summed E-state index contributed by atoms with van der Waals surface area (Å²) in [5.74, 6) is -1.23. The lowest BCUT2D eigenvalue weighted by atomic mass is 10.0. The van der Waals surface area contributed by atoms with Crippen LogP contribution < -0.4 is 4.74 Å². The second-order valence-electron chi connectivity index (χ2n) is 3.91. The fraction of sp³-hybridized carbons (Fsp3) is 0.143. The SMILES string of the molecule is COc1cnccc1C(=O)Cc1cc(F)ccc1F. The second kappa shape index (κ2) is 5.56. The van der Waals surface area contributed by atoms with Gasteiger partial charge in [0.05, 0.1) is 18.9 Å². The summed E-state index contributed by atoms with van der Waals surface area (Å²) in [6.45, 7) is 0. The molecule has 98 valence electrons. The van der Waals surface area contributed by atoms with Gasteiger partial charge in [0, 0.05) is 12.6 Å². The predicted molar refractivity (Wildman–Crippen MR) is 65.2 cm³/mol. The van der Waals surface area contributed by atoms with Gasteiger partial charge in [-0.05, 0) is 29.8 Å². The molecule has 0 saturated carbocycles. The molecule has 19 heavy (non-hydrogen) atoms.